The molecule has 2 saturated carbocycles. The number of carbonyl (C=O) groups excluding carboxylic acids is 3. The van der Waals surface area contributed by atoms with E-state index in [2.05, 4.69) is 41.5 Å². The van der Waals surface area contributed by atoms with Crippen LogP contribution in [0.25, 0.3) is 0 Å². The van der Waals surface area contributed by atoms with Crippen molar-refractivity contribution < 1.29 is 47.3 Å². The van der Waals surface area contributed by atoms with E-state index in [0.717, 1.165) is 41.8 Å². The van der Waals surface area contributed by atoms with Gasteiger partial charge in [0.05, 0.1) is 35.7 Å². The molecule has 3 fully saturated rings. The highest BCUT2D eigenvalue weighted by atomic mass is 28.4. The number of rotatable bonds is 14. The second-order valence-corrected chi connectivity index (χ2v) is 26.5. The molecular formula is C42H66O10Si2. The van der Waals surface area contributed by atoms with E-state index in [-0.39, 0.29) is 18.8 Å². The maximum absolute atomic E-state index is 16.0. The topological polar surface area (TPSA) is 127 Å². The van der Waals surface area contributed by atoms with Crippen LogP contribution in [0.3, 0.4) is 0 Å². The van der Waals surface area contributed by atoms with Crippen LogP contribution in [0, 0.1) is 16.7 Å². The van der Waals surface area contributed by atoms with Crippen LogP contribution in [-0.4, -0.2) is 94.9 Å². The monoisotopic (exact) mass is 786 g/mol. The van der Waals surface area contributed by atoms with E-state index in [0.29, 0.717) is 17.6 Å². The van der Waals surface area contributed by atoms with E-state index in [1.165, 1.54) is 14.0 Å². The molecule has 3 aliphatic carbocycles. The smallest absolute Gasteiger partial charge is 0.338 e. The lowest BCUT2D eigenvalue weighted by molar-refractivity contribution is -0.344. The third kappa shape index (κ3) is 6.53. The molecule has 5 rings (SSSR count). The molecule has 1 unspecified atom stereocenters. The van der Waals surface area contributed by atoms with E-state index in [4.69, 9.17) is 27.8 Å². The van der Waals surface area contributed by atoms with Crippen molar-refractivity contribution in [1.29, 1.82) is 0 Å². The molecule has 4 aliphatic rings. The first-order chi connectivity index (χ1) is 25.4. The lowest BCUT2D eigenvalue weighted by Crippen LogP contribution is -2.82. The summed E-state index contributed by atoms with van der Waals surface area (Å²) in [6, 6.07) is 13.8. The van der Waals surface area contributed by atoms with Gasteiger partial charge in [-0.1, -0.05) is 73.6 Å². The van der Waals surface area contributed by atoms with Gasteiger partial charge < -0.3 is 32.9 Å². The largest absolute Gasteiger partial charge is 0.455 e. The zero-order valence-corrected chi connectivity index (χ0v) is 36.8. The molecule has 1 saturated heterocycles. The first kappa shape index (κ1) is 42.9. The molecule has 1 N–H and O–H groups in total. The Morgan fingerprint density at radius 2 is 1.46 bits per heavy atom. The Balaban J connectivity index is 1.88. The maximum atomic E-state index is 16.0. The summed E-state index contributed by atoms with van der Waals surface area (Å²) in [5.41, 5.74) is -4.08. The molecule has 0 radical (unpaired) electrons. The molecule has 1 aromatic rings. The molecule has 0 aromatic heterocycles. The lowest BCUT2D eigenvalue weighted by Gasteiger charge is -2.68. The van der Waals surface area contributed by atoms with Crippen molar-refractivity contribution in [3.8, 4) is 0 Å². The van der Waals surface area contributed by atoms with Crippen LogP contribution in [0.5, 0.6) is 0 Å². The van der Waals surface area contributed by atoms with Crippen LogP contribution in [0.2, 0.25) is 36.3 Å². The molecule has 0 spiro atoms. The fourth-order valence-corrected chi connectivity index (χ4v) is 16.5. The number of hydrogen-bond donors (Lipinski definition) is 1. The summed E-state index contributed by atoms with van der Waals surface area (Å²) < 4.78 is 40.3. The first-order valence-corrected chi connectivity index (χ1v) is 25.4. The molecule has 10 nitrogen and oxygen atoms in total. The second-order valence-electron chi connectivity index (χ2n) is 17.1. The van der Waals surface area contributed by atoms with Crippen LogP contribution in [0.1, 0.15) is 99.4 Å². The van der Waals surface area contributed by atoms with E-state index in [1.807, 2.05) is 33.8 Å². The Kier molecular flexibility index (Phi) is 12.4. The second kappa shape index (κ2) is 15.6. The van der Waals surface area contributed by atoms with Gasteiger partial charge in [0.1, 0.15) is 23.9 Å². The minimum atomic E-state index is -2.40. The highest BCUT2D eigenvalue weighted by Gasteiger charge is 2.78. The number of methoxy groups -OCH3 is 1. The van der Waals surface area contributed by atoms with E-state index in [9.17, 15) is 14.7 Å². The van der Waals surface area contributed by atoms with Crippen molar-refractivity contribution in [3.63, 3.8) is 0 Å². The average molecular weight is 787 g/mol. The van der Waals surface area contributed by atoms with Crippen LogP contribution < -0.4 is 0 Å². The summed E-state index contributed by atoms with van der Waals surface area (Å²) in [7, 11) is -3.16. The third-order valence-corrected chi connectivity index (χ3v) is 24.1. The van der Waals surface area contributed by atoms with Gasteiger partial charge in [0.15, 0.2) is 28.0 Å². The van der Waals surface area contributed by atoms with Crippen LogP contribution >= 0.6 is 0 Å². The minimum absolute atomic E-state index is 0.0257. The van der Waals surface area contributed by atoms with Crippen LogP contribution in [0.15, 0.2) is 41.5 Å². The Labute approximate surface area is 325 Å². The molecule has 0 amide bonds. The molecule has 302 valence electrons. The van der Waals surface area contributed by atoms with Gasteiger partial charge in [-0.2, -0.15) is 0 Å². The number of carbonyl (C=O) groups is 3. The zero-order chi connectivity index (χ0) is 40.1. The predicted octanol–water partition coefficient (Wildman–Crippen LogP) is 7.79. The van der Waals surface area contributed by atoms with Crippen molar-refractivity contribution in [1.82, 2.24) is 0 Å². The van der Waals surface area contributed by atoms with Gasteiger partial charge in [0, 0.05) is 32.3 Å². The highest BCUT2D eigenvalue weighted by molar-refractivity contribution is 6.74. The fraction of sp³-hybridized carbons (Fsp3) is 0.738. The van der Waals surface area contributed by atoms with Crippen molar-refractivity contribution in [2.75, 3.05) is 13.7 Å². The summed E-state index contributed by atoms with van der Waals surface area (Å²) in [5.74, 6) is -2.52. The molecule has 12 heteroatoms. The molecule has 1 aromatic carbocycles. The van der Waals surface area contributed by atoms with E-state index in [1.54, 1.807) is 24.3 Å². The van der Waals surface area contributed by atoms with Crippen LogP contribution in [-0.2, 0) is 37.4 Å². The average Bonchev–Trinajstić information content (AvgIpc) is 3.15. The number of aliphatic hydroxyl groups is 1. The number of hydrogen-bond acceptors (Lipinski definition) is 10. The van der Waals surface area contributed by atoms with Crippen LogP contribution in [0.4, 0.5) is 0 Å². The van der Waals surface area contributed by atoms with Gasteiger partial charge in [0.25, 0.3) is 0 Å². The zero-order valence-electron chi connectivity index (χ0n) is 34.8. The van der Waals surface area contributed by atoms with E-state index >= 15 is 4.79 Å². The number of fused-ring (bicyclic) bond motifs is 5. The van der Waals surface area contributed by atoms with Crippen molar-refractivity contribution in [3.05, 3.63) is 47.0 Å². The Bertz CT molecular complexity index is 1570. The molecule has 54 heavy (non-hydrogen) atoms. The number of Topliss-reactive ketones (excluding diaryl/α,β-unsaturated/α-hetero) is 1. The Morgan fingerprint density at radius 3 is 1.94 bits per heavy atom. The summed E-state index contributed by atoms with van der Waals surface area (Å²) in [6.45, 7) is 21.9. The third-order valence-electron chi connectivity index (χ3n) is 14.8. The quantitative estimate of drug-likeness (QED) is 0.113. The summed E-state index contributed by atoms with van der Waals surface area (Å²) in [4.78, 5) is 43.6. The fourth-order valence-electron chi connectivity index (χ4n) is 10.7. The van der Waals surface area contributed by atoms with Gasteiger partial charge in [-0.25, -0.2) is 4.79 Å². The Hall–Kier alpha value is -2.20. The Morgan fingerprint density at radius 1 is 0.907 bits per heavy atom. The summed E-state index contributed by atoms with van der Waals surface area (Å²) >= 11 is 0. The molecule has 9 atom stereocenters. The molecule has 1 heterocycles. The van der Waals surface area contributed by atoms with E-state index < -0.39 is 87.0 Å². The maximum Gasteiger partial charge on any atom is 0.338 e. The van der Waals surface area contributed by atoms with Gasteiger partial charge in [-0.3, -0.25) is 9.59 Å². The first-order valence-electron chi connectivity index (χ1n) is 20.3. The standard InChI is InChI=1S/C42H66O10Si2/c1-13-53(14-2,15-3)51-30-25-42(46)37(49-38(45)29-22-20-19-21-23-29)35-40(11,36(44)34(47-12)33(27(30)7)39(42,9)10)31(52-54(16-4,17-5)18-6)24-32-41(35,26-48-32)50-28(8)43/h19-23,30-32,34-35,37,46H,13-18,24-26H2,1-12H3/t30-,31-,32+,34+,35?,37-,40+,41-,42+/m0/s1. The van der Waals surface area contributed by atoms with Gasteiger partial charge >= 0.3 is 11.9 Å². The minimum Gasteiger partial charge on any atom is -0.455 e. The molecule has 1 aliphatic heterocycles. The van der Waals surface area contributed by atoms with Crippen molar-refractivity contribution in [2.24, 2.45) is 16.7 Å². The summed E-state index contributed by atoms with van der Waals surface area (Å²) in [6.07, 6.45) is -4.00. The van der Waals surface area contributed by atoms with Crippen molar-refractivity contribution >= 4 is 34.4 Å². The van der Waals surface area contributed by atoms with Crippen molar-refractivity contribution in [2.45, 2.75) is 167 Å². The van der Waals surface area contributed by atoms with Gasteiger partial charge in [-0.15, -0.1) is 0 Å². The number of benzene rings is 1. The number of esters is 2. The predicted molar refractivity (Wildman–Crippen MR) is 212 cm³/mol. The normalized spacial score (nSPS) is 34.9. The highest BCUT2D eigenvalue weighted by Crippen LogP contribution is 2.65. The molecular weight excluding hydrogens is 721 g/mol. The molecule has 2 bridgehead atoms. The van der Waals surface area contributed by atoms with Gasteiger partial charge in [-0.05, 0) is 73.4 Å². The lowest BCUT2D eigenvalue weighted by atomic mass is 9.44. The summed E-state index contributed by atoms with van der Waals surface area (Å²) in [5, 5.41) is 13.9. The van der Waals surface area contributed by atoms with Gasteiger partial charge in [0.2, 0.25) is 0 Å². The number of ether oxygens (including phenoxy) is 4. The SMILES string of the molecule is CC[Si](CC)(CC)O[C@H]1C[C@@]2(O)[C@@H](OC(=O)c3ccccc3)C3[C@](C)(C(=O)[C@H](OC)C(=C1C)C2(C)C)[C@@H](O[Si](CC)(CC)CC)C[C@H]1OC[C@@]31OC(C)=O. The number of ketones is 1.